The van der Waals surface area contributed by atoms with Crippen molar-refractivity contribution in [3.8, 4) is 23.0 Å². The van der Waals surface area contributed by atoms with Crippen LogP contribution >= 0.6 is 0 Å². The Balaban J connectivity index is 1.83. The first kappa shape index (κ1) is 23.7. The first-order valence-electron chi connectivity index (χ1n) is 10.8. The van der Waals surface area contributed by atoms with Crippen molar-refractivity contribution >= 4 is 16.9 Å². The van der Waals surface area contributed by atoms with E-state index in [1.165, 1.54) is 27.6 Å². The highest BCUT2D eigenvalue weighted by atomic mass is 16.5. The summed E-state index contributed by atoms with van der Waals surface area (Å²) in [6.07, 6.45) is 1.34. The molecule has 9 nitrogen and oxygen atoms in total. The van der Waals surface area contributed by atoms with Crippen LogP contribution in [0.5, 0.6) is 23.0 Å². The van der Waals surface area contributed by atoms with Crippen molar-refractivity contribution in [1.29, 1.82) is 0 Å². The van der Waals surface area contributed by atoms with E-state index in [4.69, 9.17) is 23.0 Å². The van der Waals surface area contributed by atoms with E-state index in [1.54, 1.807) is 48.5 Å². The Bertz CT molecular complexity index is 1370. The van der Waals surface area contributed by atoms with Gasteiger partial charge in [-0.3, -0.25) is 4.79 Å². The lowest BCUT2D eigenvalue weighted by Crippen LogP contribution is -2.26. The Labute approximate surface area is 200 Å². The van der Waals surface area contributed by atoms with Gasteiger partial charge >= 0.3 is 5.63 Å². The van der Waals surface area contributed by atoms with Gasteiger partial charge in [0.15, 0.2) is 11.5 Å². The van der Waals surface area contributed by atoms with Gasteiger partial charge in [-0.25, -0.2) is 4.79 Å². The molecule has 0 bridgehead atoms. The van der Waals surface area contributed by atoms with Crippen molar-refractivity contribution in [2.45, 2.75) is 18.9 Å². The van der Waals surface area contributed by atoms with Crippen LogP contribution in [0, 0.1) is 0 Å². The molecular weight excluding hydrogens is 454 g/mol. The average molecular weight is 479 g/mol. The zero-order valence-electron chi connectivity index (χ0n) is 19.5. The molecule has 4 aromatic rings. The number of fused-ring (bicyclic) bond motifs is 1. The molecule has 2 N–H and O–H groups in total. The van der Waals surface area contributed by atoms with Crippen molar-refractivity contribution in [3.63, 3.8) is 0 Å². The molecule has 182 valence electrons. The minimum Gasteiger partial charge on any atom is -0.507 e. The van der Waals surface area contributed by atoms with E-state index in [9.17, 15) is 14.7 Å². The summed E-state index contributed by atoms with van der Waals surface area (Å²) in [6, 6.07) is 13.4. The number of rotatable bonds is 9. The number of carbonyl (C=O) groups is 1. The van der Waals surface area contributed by atoms with E-state index < -0.39 is 11.5 Å². The largest absolute Gasteiger partial charge is 0.507 e. The van der Waals surface area contributed by atoms with E-state index >= 15 is 0 Å². The quantitative estimate of drug-likeness (QED) is 0.346. The molecule has 2 aromatic carbocycles. The fourth-order valence-electron chi connectivity index (χ4n) is 4.00. The van der Waals surface area contributed by atoms with E-state index in [1.807, 2.05) is 0 Å². The fourth-order valence-corrected chi connectivity index (χ4v) is 4.00. The Morgan fingerprint density at radius 3 is 2.37 bits per heavy atom. The molecule has 0 saturated heterocycles. The lowest BCUT2D eigenvalue weighted by atomic mass is 9.87. The van der Waals surface area contributed by atoms with Gasteiger partial charge in [-0.2, -0.15) is 0 Å². The van der Waals surface area contributed by atoms with Crippen LogP contribution in [-0.2, 0) is 11.3 Å². The molecule has 0 saturated carbocycles. The maximum Gasteiger partial charge on any atom is 0.343 e. The van der Waals surface area contributed by atoms with Crippen molar-refractivity contribution in [1.82, 2.24) is 5.32 Å². The van der Waals surface area contributed by atoms with Crippen LogP contribution in [0.3, 0.4) is 0 Å². The van der Waals surface area contributed by atoms with Crippen LogP contribution in [0.2, 0.25) is 0 Å². The molecule has 0 aliphatic carbocycles. The number of nitrogens with one attached hydrogen (secondary N) is 1. The summed E-state index contributed by atoms with van der Waals surface area (Å²) in [5.41, 5.74) is -0.0694. The van der Waals surface area contributed by atoms with Crippen LogP contribution in [0.25, 0.3) is 11.0 Å². The molecule has 0 aliphatic rings. The molecule has 1 unspecified atom stereocenters. The summed E-state index contributed by atoms with van der Waals surface area (Å²) in [5.74, 6) is 0.105. The average Bonchev–Trinajstić information content (AvgIpc) is 3.39. The number of hydrogen-bond donors (Lipinski definition) is 2. The smallest absolute Gasteiger partial charge is 0.343 e. The Morgan fingerprint density at radius 1 is 1.03 bits per heavy atom. The van der Waals surface area contributed by atoms with Crippen LogP contribution in [0.1, 0.15) is 29.2 Å². The van der Waals surface area contributed by atoms with Gasteiger partial charge in [0, 0.05) is 12.3 Å². The molecule has 0 aliphatic heterocycles. The molecule has 2 heterocycles. The van der Waals surface area contributed by atoms with Crippen LogP contribution in [0.15, 0.2) is 68.4 Å². The number of benzene rings is 2. The lowest BCUT2D eigenvalue weighted by molar-refractivity contribution is -0.121. The van der Waals surface area contributed by atoms with Gasteiger partial charge < -0.3 is 33.5 Å². The fraction of sp³-hybridized carbons (Fsp3) is 0.231. The van der Waals surface area contributed by atoms with Crippen molar-refractivity contribution in [2.75, 3.05) is 21.3 Å². The monoisotopic (exact) mass is 479 g/mol. The molecule has 1 amide bonds. The first-order chi connectivity index (χ1) is 17.0. The molecule has 4 rings (SSSR count). The third-order valence-electron chi connectivity index (χ3n) is 5.69. The van der Waals surface area contributed by atoms with Gasteiger partial charge in [-0.05, 0) is 42.0 Å². The van der Waals surface area contributed by atoms with Crippen LogP contribution in [-0.4, -0.2) is 32.3 Å². The summed E-state index contributed by atoms with van der Waals surface area (Å²) < 4.78 is 27.1. The maximum atomic E-state index is 13.1. The number of hydrogen-bond acceptors (Lipinski definition) is 8. The van der Waals surface area contributed by atoms with Crippen molar-refractivity contribution in [2.24, 2.45) is 0 Å². The van der Waals surface area contributed by atoms with Crippen molar-refractivity contribution in [3.05, 3.63) is 82.1 Å². The van der Waals surface area contributed by atoms with Crippen molar-refractivity contribution < 1.29 is 32.9 Å². The summed E-state index contributed by atoms with van der Waals surface area (Å²) >= 11 is 0. The molecule has 35 heavy (non-hydrogen) atoms. The number of methoxy groups -OCH3 is 3. The molecule has 1 atom stereocenters. The molecule has 2 aromatic heterocycles. The zero-order valence-corrected chi connectivity index (χ0v) is 19.5. The standard InChI is InChI=1S/C26H25NO8/c1-31-20-11-15(12-21(32-2)25(20)33-3)18(13-22(28)27-14-16-7-6-10-34-16)23-24(29)17-8-4-5-9-19(17)35-26(23)30/h4-12,18,29H,13-14H2,1-3H3,(H,27,28). The third kappa shape index (κ3) is 4.79. The highest BCUT2D eigenvalue weighted by molar-refractivity contribution is 5.85. The zero-order chi connectivity index (χ0) is 24.9. The summed E-state index contributed by atoms with van der Waals surface area (Å²) in [4.78, 5) is 26.0. The number of ether oxygens (including phenoxy) is 3. The highest BCUT2D eigenvalue weighted by Gasteiger charge is 2.29. The second kappa shape index (κ2) is 10.3. The summed E-state index contributed by atoms with van der Waals surface area (Å²) in [7, 11) is 4.41. The normalized spacial score (nSPS) is 11.7. The minimum atomic E-state index is -0.888. The Hall–Kier alpha value is -4.40. The maximum absolute atomic E-state index is 13.1. The Kier molecular flexibility index (Phi) is 6.96. The van der Waals surface area contributed by atoms with Gasteiger partial charge in [0.1, 0.15) is 17.1 Å². The second-order valence-corrected chi connectivity index (χ2v) is 7.72. The number of aromatic hydroxyl groups is 1. The van der Waals surface area contributed by atoms with Crippen LogP contribution in [0.4, 0.5) is 0 Å². The minimum absolute atomic E-state index is 0.0499. The lowest BCUT2D eigenvalue weighted by Gasteiger charge is -2.21. The van der Waals surface area contributed by atoms with Gasteiger partial charge in [0.2, 0.25) is 11.7 Å². The topological polar surface area (TPSA) is 120 Å². The van der Waals surface area contributed by atoms with Crippen LogP contribution < -0.4 is 25.2 Å². The van der Waals surface area contributed by atoms with E-state index in [-0.39, 0.29) is 35.8 Å². The second-order valence-electron chi connectivity index (χ2n) is 7.72. The predicted octanol–water partition coefficient (Wildman–Crippen LogP) is 3.96. The number of furan rings is 1. The number of para-hydroxylation sites is 1. The van der Waals surface area contributed by atoms with E-state index in [0.29, 0.717) is 34.0 Å². The summed E-state index contributed by atoms with van der Waals surface area (Å²) in [5, 5.41) is 14.2. The SMILES string of the molecule is COc1cc(C(CC(=O)NCc2ccco2)c2c(O)c3ccccc3oc2=O)cc(OC)c1OC. The molecule has 0 fully saturated rings. The first-order valence-corrected chi connectivity index (χ1v) is 10.8. The molecule has 0 spiro atoms. The molecular formula is C26H25NO8. The number of amides is 1. The number of carbonyl (C=O) groups excluding carboxylic acids is 1. The summed E-state index contributed by atoms with van der Waals surface area (Å²) in [6.45, 7) is 0.173. The molecule has 0 radical (unpaired) electrons. The van der Waals surface area contributed by atoms with Gasteiger partial charge in [0.05, 0.1) is 45.1 Å². The van der Waals surface area contributed by atoms with Gasteiger partial charge in [0.25, 0.3) is 0 Å². The van der Waals surface area contributed by atoms with Gasteiger partial charge in [-0.15, -0.1) is 0 Å². The third-order valence-corrected chi connectivity index (χ3v) is 5.69. The highest BCUT2D eigenvalue weighted by Crippen LogP contribution is 2.43. The van der Waals surface area contributed by atoms with E-state index in [2.05, 4.69) is 5.32 Å². The van der Waals surface area contributed by atoms with Gasteiger partial charge in [-0.1, -0.05) is 12.1 Å². The molecule has 9 heteroatoms. The van der Waals surface area contributed by atoms with E-state index in [0.717, 1.165) is 0 Å². The Morgan fingerprint density at radius 2 is 1.74 bits per heavy atom. The predicted molar refractivity (Wildman–Crippen MR) is 127 cm³/mol.